The number of anilines is 1. The van der Waals surface area contributed by atoms with Crippen molar-refractivity contribution >= 4 is 27.3 Å². The number of benzene rings is 1. The topological polar surface area (TPSA) is 49.6 Å². The van der Waals surface area contributed by atoms with Crippen LogP contribution in [0.15, 0.2) is 18.2 Å². The van der Waals surface area contributed by atoms with Crippen LogP contribution in [0.4, 0.5) is 11.4 Å². The van der Waals surface area contributed by atoms with E-state index in [0.29, 0.717) is 17.4 Å². The third-order valence-electron chi connectivity index (χ3n) is 4.91. The lowest BCUT2D eigenvalue weighted by Gasteiger charge is -2.29. The van der Waals surface area contributed by atoms with Gasteiger partial charge in [0.2, 0.25) is 0 Å². The van der Waals surface area contributed by atoms with Crippen LogP contribution in [0.25, 0.3) is 0 Å². The maximum atomic E-state index is 10.9. The molecule has 2 aliphatic heterocycles. The van der Waals surface area contributed by atoms with Gasteiger partial charge in [0.1, 0.15) is 0 Å². The molecule has 0 amide bonds. The monoisotopic (exact) mass is 353 g/mol. The quantitative estimate of drug-likeness (QED) is 0.475. The van der Waals surface area contributed by atoms with Gasteiger partial charge in [-0.15, -0.1) is 0 Å². The van der Waals surface area contributed by atoms with Crippen LogP contribution in [0, 0.1) is 10.1 Å². The van der Waals surface area contributed by atoms with E-state index in [9.17, 15) is 10.1 Å². The maximum Gasteiger partial charge on any atom is 0.269 e. The zero-order chi connectivity index (χ0) is 15.0. The number of halogens is 1. The number of nitrogens with zero attached hydrogens (tertiary/aromatic N) is 3. The van der Waals surface area contributed by atoms with Gasteiger partial charge in [-0.3, -0.25) is 15.0 Å². The van der Waals surface area contributed by atoms with Gasteiger partial charge in [0.05, 0.1) is 4.92 Å². The second-order valence-electron chi connectivity index (χ2n) is 5.99. The van der Waals surface area contributed by atoms with Crippen LogP contribution in [0.2, 0.25) is 0 Å². The number of nitro groups is 1. The first-order valence-corrected chi connectivity index (χ1v) is 8.52. The van der Waals surface area contributed by atoms with Crippen LogP contribution in [0.3, 0.4) is 0 Å². The molecule has 114 valence electrons. The van der Waals surface area contributed by atoms with E-state index in [1.807, 2.05) is 6.07 Å². The number of alkyl halides is 1. The lowest BCUT2D eigenvalue weighted by atomic mass is 10.1. The van der Waals surface area contributed by atoms with E-state index in [1.54, 1.807) is 12.1 Å². The fourth-order valence-corrected chi connectivity index (χ4v) is 4.08. The second-order valence-corrected chi connectivity index (χ2v) is 6.55. The normalized spacial score (nSPS) is 25.9. The molecule has 0 aromatic heterocycles. The first-order valence-electron chi connectivity index (χ1n) is 7.40. The zero-order valence-electron chi connectivity index (χ0n) is 12.2. The summed E-state index contributed by atoms with van der Waals surface area (Å²) in [4.78, 5) is 15.5. The van der Waals surface area contributed by atoms with Gasteiger partial charge in [0, 0.05) is 48.3 Å². The standard InChI is InChI=1S/C15H20BrN3O2/c1-17-12-2-3-14(17)10-18(7-6-12)15-5-4-13(19(20)21)8-11(15)9-16/h4-5,8,12,14H,2-3,6-7,9-10H2,1H3. The summed E-state index contributed by atoms with van der Waals surface area (Å²) < 4.78 is 0. The molecule has 2 heterocycles. The second kappa shape index (κ2) is 5.93. The highest BCUT2D eigenvalue weighted by Gasteiger charge is 2.35. The summed E-state index contributed by atoms with van der Waals surface area (Å²) in [6.45, 7) is 2.05. The van der Waals surface area contributed by atoms with Crippen LogP contribution in [0.5, 0.6) is 0 Å². The molecule has 2 bridgehead atoms. The Hall–Kier alpha value is -1.14. The molecule has 2 unspecified atom stereocenters. The minimum absolute atomic E-state index is 0.168. The van der Waals surface area contributed by atoms with E-state index in [0.717, 1.165) is 24.3 Å². The van der Waals surface area contributed by atoms with Crippen LogP contribution in [-0.2, 0) is 5.33 Å². The van der Waals surface area contributed by atoms with Gasteiger partial charge in [-0.2, -0.15) is 0 Å². The van der Waals surface area contributed by atoms with Gasteiger partial charge in [-0.25, -0.2) is 0 Å². The fourth-order valence-electron chi connectivity index (χ4n) is 3.63. The minimum atomic E-state index is -0.325. The zero-order valence-corrected chi connectivity index (χ0v) is 13.8. The molecule has 0 N–H and O–H groups in total. The molecule has 2 aliphatic rings. The Morgan fingerprint density at radius 2 is 2.10 bits per heavy atom. The molecule has 3 rings (SSSR count). The van der Waals surface area contributed by atoms with Gasteiger partial charge >= 0.3 is 0 Å². The predicted molar refractivity (Wildman–Crippen MR) is 87.1 cm³/mol. The van der Waals surface area contributed by atoms with Crippen molar-refractivity contribution in [1.82, 2.24) is 4.90 Å². The molecule has 5 nitrogen and oxygen atoms in total. The molecule has 6 heteroatoms. The Bertz CT molecular complexity index is 552. The van der Waals surface area contributed by atoms with E-state index in [4.69, 9.17) is 0 Å². The van der Waals surface area contributed by atoms with Crippen molar-refractivity contribution < 1.29 is 4.92 Å². The fraction of sp³-hybridized carbons (Fsp3) is 0.600. The number of likely N-dealkylation sites (N-methyl/N-ethyl adjacent to an activating group) is 1. The van der Waals surface area contributed by atoms with E-state index < -0.39 is 0 Å². The SMILES string of the molecule is CN1C2CCC1CN(c1ccc([N+](=O)[O-])cc1CBr)CC2. The summed E-state index contributed by atoms with van der Waals surface area (Å²) in [6.07, 6.45) is 3.74. The van der Waals surface area contributed by atoms with Gasteiger partial charge < -0.3 is 4.90 Å². The Balaban J connectivity index is 1.88. The van der Waals surface area contributed by atoms with Crippen LogP contribution in [0.1, 0.15) is 24.8 Å². The third kappa shape index (κ3) is 2.79. The molecule has 0 radical (unpaired) electrons. The number of hydrogen-bond donors (Lipinski definition) is 0. The molecule has 2 saturated heterocycles. The molecule has 0 aliphatic carbocycles. The number of fused-ring (bicyclic) bond motifs is 2. The first-order chi connectivity index (χ1) is 10.1. The average Bonchev–Trinajstić information content (AvgIpc) is 2.71. The highest BCUT2D eigenvalue weighted by Crippen LogP contribution is 2.33. The number of nitro benzene ring substituents is 1. The molecule has 21 heavy (non-hydrogen) atoms. The van der Waals surface area contributed by atoms with Crippen LogP contribution < -0.4 is 4.90 Å². The smallest absolute Gasteiger partial charge is 0.269 e. The van der Waals surface area contributed by atoms with E-state index in [2.05, 4.69) is 32.8 Å². The van der Waals surface area contributed by atoms with E-state index in [1.165, 1.54) is 19.3 Å². The molecule has 0 saturated carbocycles. The van der Waals surface area contributed by atoms with Gasteiger partial charge in [-0.1, -0.05) is 15.9 Å². The van der Waals surface area contributed by atoms with Gasteiger partial charge in [0.15, 0.2) is 0 Å². The molecule has 2 atom stereocenters. The first kappa shape index (κ1) is 14.8. The van der Waals surface area contributed by atoms with Crippen molar-refractivity contribution in [2.75, 3.05) is 25.0 Å². The van der Waals surface area contributed by atoms with Crippen molar-refractivity contribution in [3.05, 3.63) is 33.9 Å². The molecular formula is C15H20BrN3O2. The van der Waals surface area contributed by atoms with Crippen molar-refractivity contribution in [3.63, 3.8) is 0 Å². The van der Waals surface area contributed by atoms with Crippen molar-refractivity contribution in [1.29, 1.82) is 0 Å². The van der Waals surface area contributed by atoms with Crippen molar-refractivity contribution in [3.8, 4) is 0 Å². The molecule has 2 fully saturated rings. The van der Waals surface area contributed by atoms with E-state index >= 15 is 0 Å². The Morgan fingerprint density at radius 3 is 2.81 bits per heavy atom. The van der Waals surface area contributed by atoms with Crippen LogP contribution in [-0.4, -0.2) is 42.0 Å². The summed E-state index contributed by atoms with van der Waals surface area (Å²) >= 11 is 3.47. The summed E-state index contributed by atoms with van der Waals surface area (Å²) in [7, 11) is 2.23. The van der Waals surface area contributed by atoms with Crippen molar-refractivity contribution in [2.45, 2.75) is 36.7 Å². The Kier molecular flexibility index (Phi) is 4.17. The Labute approximate surface area is 133 Å². The summed E-state index contributed by atoms with van der Waals surface area (Å²) in [5, 5.41) is 11.6. The Morgan fingerprint density at radius 1 is 1.33 bits per heavy atom. The highest BCUT2D eigenvalue weighted by molar-refractivity contribution is 9.08. The lowest BCUT2D eigenvalue weighted by Crippen LogP contribution is -2.36. The molecule has 1 aromatic rings. The minimum Gasteiger partial charge on any atom is -0.370 e. The maximum absolute atomic E-state index is 10.9. The number of hydrogen-bond acceptors (Lipinski definition) is 4. The molecule has 0 spiro atoms. The van der Waals surface area contributed by atoms with Gasteiger partial charge in [-0.05, 0) is 37.9 Å². The van der Waals surface area contributed by atoms with Crippen molar-refractivity contribution in [2.24, 2.45) is 0 Å². The van der Waals surface area contributed by atoms with E-state index in [-0.39, 0.29) is 10.6 Å². The summed E-state index contributed by atoms with van der Waals surface area (Å²) in [5.41, 5.74) is 2.31. The average molecular weight is 354 g/mol. The van der Waals surface area contributed by atoms with Gasteiger partial charge in [0.25, 0.3) is 5.69 Å². The molecular weight excluding hydrogens is 334 g/mol. The number of non-ortho nitro benzene ring substituents is 1. The van der Waals surface area contributed by atoms with Crippen LogP contribution >= 0.6 is 15.9 Å². The third-order valence-corrected chi connectivity index (χ3v) is 5.51. The predicted octanol–water partition coefficient (Wildman–Crippen LogP) is 3.16. The highest BCUT2D eigenvalue weighted by atomic mass is 79.9. The number of rotatable bonds is 3. The largest absolute Gasteiger partial charge is 0.370 e. The summed E-state index contributed by atoms with van der Waals surface area (Å²) in [5.74, 6) is 0. The molecule has 1 aromatic carbocycles. The lowest BCUT2D eigenvalue weighted by molar-refractivity contribution is -0.384. The summed E-state index contributed by atoms with van der Waals surface area (Å²) in [6, 6.07) is 6.53.